The van der Waals surface area contributed by atoms with Crippen LogP contribution < -0.4 is 9.64 Å². The van der Waals surface area contributed by atoms with Crippen molar-refractivity contribution in [3.05, 3.63) is 89.7 Å². The molecule has 0 spiro atoms. The third-order valence-electron chi connectivity index (χ3n) is 5.85. The molecule has 4 rings (SSSR count). The molecule has 1 saturated heterocycles. The number of ketones is 1. The summed E-state index contributed by atoms with van der Waals surface area (Å²) in [5.41, 5.74) is 2.80. The molecule has 1 amide bonds. The van der Waals surface area contributed by atoms with E-state index in [1.807, 2.05) is 53.4 Å². The van der Waals surface area contributed by atoms with Gasteiger partial charge >= 0.3 is 0 Å². The van der Waals surface area contributed by atoms with Crippen LogP contribution in [-0.4, -0.2) is 42.8 Å². The van der Waals surface area contributed by atoms with E-state index in [4.69, 9.17) is 4.74 Å². The summed E-state index contributed by atoms with van der Waals surface area (Å²) in [6, 6.07) is 21.2. The lowest BCUT2D eigenvalue weighted by molar-refractivity contribution is -0.131. The molecule has 3 aromatic carbocycles. The normalized spacial score (nSPS) is 13.6. The van der Waals surface area contributed by atoms with E-state index in [2.05, 4.69) is 4.90 Å². The highest BCUT2D eigenvalue weighted by Crippen LogP contribution is 2.23. The van der Waals surface area contributed by atoms with Crippen LogP contribution in [0, 0.1) is 5.82 Å². The van der Waals surface area contributed by atoms with Gasteiger partial charge in [-0.15, -0.1) is 0 Å². The lowest BCUT2D eigenvalue weighted by Gasteiger charge is -2.36. The van der Waals surface area contributed by atoms with Crippen molar-refractivity contribution in [3.63, 3.8) is 0 Å². The fourth-order valence-electron chi connectivity index (χ4n) is 3.93. The number of nitrogens with zero attached hydrogens (tertiary/aromatic N) is 2. The molecule has 1 aliphatic heterocycles. The second kappa shape index (κ2) is 10.3. The first-order chi connectivity index (χ1) is 16.0. The monoisotopic (exact) mass is 446 g/mol. The van der Waals surface area contributed by atoms with Crippen LogP contribution in [-0.2, 0) is 11.2 Å². The van der Waals surface area contributed by atoms with Gasteiger partial charge in [-0.05, 0) is 79.6 Å². The van der Waals surface area contributed by atoms with Gasteiger partial charge in [0.15, 0.2) is 5.78 Å². The number of rotatable bonds is 7. The van der Waals surface area contributed by atoms with Crippen LogP contribution in [0.25, 0.3) is 0 Å². The van der Waals surface area contributed by atoms with Crippen molar-refractivity contribution in [1.82, 2.24) is 4.90 Å². The summed E-state index contributed by atoms with van der Waals surface area (Å²) in [7, 11) is 0. The van der Waals surface area contributed by atoms with E-state index in [9.17, 15) is 14.0 Å². The van der Waals surface area contributed by atoms with Crippen LogP contribution in [0.15, 0.2) is 72.8 Å². The summed E-state index contributed by atoms with van der Waals surface area (Å²) in [6.45, 7) is 4.47. The van der Waals surface area contributed by atoms with Crippen molar-refractivity contribution in [2.45, 2.75) is 19.8 Å². The number of benzene rings is 3. The average molecular weight is 447 g/mol. The molecule has 5 nitrogen and oxygen atoms in total. The summed E-state index contributed by atoms with van der Waals surface area (Å²) in [6.07, 6.45) is 1.07. The zero-order valence-corrected chi connectivity index (χ0v) is 18.7. The molecule has 3 aromatic rings. The number of piperazine rings is 1. The SMILES string of the molecule is CC(=O)c1ccc(N2CCN(C(=O)CCc3cccc(Oc4ccc(F)cc4)c3)CC2)cc1. The number of hydrogen-bond donors (Lipinski definition) is 0. The zero-order valence-electron chi connectivity index (χ0n) is 18.7. The van der Waals surface area contributed by atoms with Gasteiger partial charge in [0.1, 0.15) is 17.3 Å². The summed E-state index contributed by atoms with van der Waals surface area (Å²) in [5.74, 6) is 1.13. The van der Waals surface area contributed by atoms with Gasteiger partial charge in [-0.25, -0.2) is 4.39 Å². The molecule has 0 N–H and O–H groups in total. The Morgan fingerprint density at radius 1 is 0.879 bits per heavy atom. The smallest absolute Gasteiger partial charge is 0.223 e. The van der Waals surface area contributed by atoms with E-state index in [1.54, 1.807) is 19.1 Å². The Labute approximate surface area is 193 Å². The van der Waals surface area contributed by atoms with E-state index >= 15 is 0 Å². The zero-order chi connectivity index (χ0) is 23.2. The number of carbonyl (C=O) groups is 2. The molecule has 0 aliphatic carbocycles. The van der Waals surface area contributed by atoms with Crippen LogP contribution in [0.1, 0.15) is 29.3 Å². The first-order valence-corrected chi connectivity index (χ1v) is 11.1. The molecule has 6 heteroatoms. The molecule has 1 aliphatic rings. The summed E-state index contributed by atoms with van der Waals surface area (Å²) in [5, 5.41) is 0. The molecular formula is C27H27FN2O3. The topological polar surface area (TPSA) is 49.9 Å². The number of ether oxygens (including phenoxy) is 1. The van der Waals surface area contributed by atoms with E-state index < -0.39 is 0 Å². The highest BCUT2D eigenvalue weighted by atomic mass is 19.1. The minimum absolute atomic E-state index is 0.0597. The van der Waals surface area contributed by atoms with Gasteiger partial charge in [-0.1, -0.05) is 12.1 Å². The Morgan fingerprint density at radius 2 is 1.58 bits per heavy atom. The molecule has 0 atom stereocenters. The van der Waals surface area contributed by atoms with Gasteiger partial charge in [0.2, 0.25) is 5.91 Å². The van der Waals surface area contributed by atoms with Gasteiger partial charge < -0.3 is 14.5 Å². The maximum atomic E-state index is 13.1. The second-order valence-electron chi connectivity index (χ2n) is 8.17. The third kappa shape index (κ3) is 5.98. The number of halogens is 1. The minimum Gasteiger partial charge on any atom is -0.457 e. The maximum Gasteiger partial charge on any atom is 0.223 e. The Bertz CT molecular complexity index is 1100. The number of carbonyl (C=O) groups excluding carboxylic acids is 2. The number of aryl methyl sites for hydroxylation is 1. The fourth-order valence-corrected chi connectivity index (χ4v) is 3.93. The molecule has 33 heavy (non-hydrogen) atoms. The molecular weight excluding hydrogens is 419 g/mol. The van der Waals surface area contributed by atoms with Crippen LogP contribution in [0.4, 0.5) is 10.1 Å². The molecule has 0 saturated carbocycles. The Hall–Kier alpha value is -3.67. The van der Waals surface area contributed by atoms with Crippen molar-refractivity contribution < 1.29 is 18.7 Å². The standard InChI is InChI=1S/C27H27FN2O3/c1-20(31)22-6-10-24(11-7-22)29-15-17-30(18-16-29)27(32)14-5-21-3-2-4-26(19-21)33-25-12-8-23(28)9-13-25/h2-4,6-13,19H,5,14-18H2,1H3. The predicted octanol–water partition coefficient (Wildman–Crippen LogP) is 5.10. The van der Waals surface area contributed by atoms with E-state index in [0.29, 0.717) is 43.0 Å². The summed E-state index contributed by atoms with van der Waals surface area (Å²) < 4.78 is 18.8. The van der Waals surface area contributed by atoms with Crippen molar-refractivity contribution in [2.75, 3.05) is 31.1 Å². The number of amides is 1. The molecule has 0 unspecified atom stereocenters. The predicted molar refractivity (Wildman–Crippen MR) is 126 cm³/mol. The van der Waals surface area contributed by atoms with Crippen molar-refractivity contribution in [3.8, 4) is 11.5 Å². The van der Waals surface area contributed by atoms with Gasteiger partial charge in [-0.2, -0.15) is 0 Å². The van der Waals surface area contributed by atoms with Gasteiger partial charge in [0.05, 0.1) is 0 Å². The van der Waals surface area contributed by atoms with Crippen LogP contribution in [0.5, 0.6) is 11.5 Å². The van der Waals surface area contributed by atoms with Gasteiger partial charge in [0, 0.05) is 43.9 Å². The quantitative estimate of drug-likeness (QED) is 0.474. The second-order valence-corrected chi connectivity index (χ2v) is 8.17. The van der Waals surface area contributed by atoms with Crippen LogP contribution in [0.2, 0.25) is 0 Å². The summed E-state index contributed by atoms with van der Waals surface area (Å²) in [4.78, 5) is 28.4. The lowest BCUT2D eigenvalue weighted by atomic mass is 10.1. The highest BCUT2D eigenvalue weighted by Gasteiger charge is 2.21. The van der Waals surface area contributed by atoms with E-state index in [-0.39, 0.29) is 17.5 Å². The molecule has 0 bridgehead atoms. The van der Waals surface area contributed by atoms with Crippen molar-refractivity contribution in [1.29, 1.82) is 0 Å². The number of Topliss-reactive ketones (excluding diaryl/α,β-unsaturated/α-hetero) is 1. The van der Waals surface area contributed by atoms with Crippen LogP contribution in [0.3, 0.4) is 0 Å². The van der Waals surface area contributed by atoms with Crippen molar-refractivity contribution >= 4 is 17.4 Å². The average Bonchev–Trinajstić information content (AvgIpc) is 2.84. The van der Waals surface area contributed by atoms with Gasteiger partial charge in [-0.3, -0.25) is 9.59 Å². The van der Waals surface area contributed by atoms with Crippen LogP contribution >= 0.6 is 0 Å². The number of hydrogen-bond acceptors (Lipinski definition) is 4. The largest absolute Gasteiger partial charge is 0.457 e. The lowest BCUT2D eigenvalue weighted by Crippen LogP contribution is -2.48. The highest BCUT2D eigenvalue weighted by molar-refractivity contribution is 5.94. The molecule has 1 heterocycles. The third-order valence-corrected chi connectivity index (χ3v) is 5.85. The molecule has 1 fully saturated rings. The van der Waals surface area contributed by atoms with E-state index in [0.717, 1.165) is 24.3 Å². The first-order valence-electron chi connectivity index (χ1n) is 11.1. The Balaban J connectivity index is 1.26. The van der Waals surface area contributed by atoms with E-state index in [1.165, 1.54) is 12.1 Å². The number of anilines is 1. The summed E-state index contributed by atoms with van der Waals surface area (Å²) >= 11 is 0. The first kappa shape index (κ1) is 22.5. The van der Waals surface area contributed by atoms with Gasteiger partial charge in [0.25, 0.3) is 0 Å². The Morgan fingerprint density at radius 3 is 2.24 bits per heavy atom. The maximum absolute atomic E-state index is 13.1. The molecule has 0 radical (unpaired) electrons. The minimum atomic E-state index is -0.304. The Kier molecular flexibility index (Phi) is 7.03. The molecule has 170 valence electrons. The van der Waals surface area contributed by atoms with Crippen molar-refractivity contribution in [2.24, 2.45) is 0 Å². The molecule has 0 aromatic heterocycles. The fraction of sp³-hybridized carbons (Fsp3) is 0.259.